The number of rotatable bonds is 7. The van der Waals surface area contributed by atoms with E-state index < -0.39 is 37.9 Å². The molecule has 0 unspecified atom stereocenters. The number of carboxylic acid groups (broad SMARTS) is 1. The van der Waals surface area contributed by atoms with E-state index in [-0.39, 0.29) is 13.2 Å². The Balaban J connectivity index is 4.29. The van der Waals surface area contributed by atoms with Gasteiger partial charge in [0.05, 0.1) is 13.2 Å². The molecule has 0 heterocycles. The number of aliphatic carboxylic acids is 1. The molecule has 8 nitrogen and oxygen atoms in total. The third-order valence-electron chi connectivity index (χ3n) is 2.52. The second kappa shape index (κ2) is 8.75. The number of carbonyl (C=O) groups is 3. The van der Waals surface area contributed by atoms with Crippen LogP contribution in [0.1, 0.15) is 20.8 Å². The normalized spacial score (nSPS) is 13.0. The van der Waals surface area contributed by atoms with Crippen molar-refractivity contribution in [2.75, 3.05) is 13.2 Å². The van der Waals surface area contributed by atoms with E-state index in [1.165, 1.54) is 0 Å². The Bertz CT molecular complexity index is 428. The smallest absolute Gasteiger partial charge is 0.407 e. The van der Waals surface area contributed by atoms with Gasteiger partial charge in [0.1, 0.15) is 11.6 Å². The average Bonchev–Trinajstić information content (AvgIpc) is 2.30. The summed E-state index contributed by atoms with van der Waals surface area (Å²) in [6, 6.07) is -0.504. The van der Waals surface area contributed by atoms with Crippen molar-refractivity contribution >= 4 is 26.2 Å². The highest BCUT2D eigenvalue weighted by Crippen LogP contribution is 2.08. The summed E-state index contributed by atoms with van der Waals surface area (Å²) < 4.78 is 9.96. The van der Waals surface area contributed by atoms with E-state index in [0.717, 1.165) is 6.04 Å². The predicted molar refractivity (Wildman–Crippen MR) is 88.3 cm³/mol. The molecule has 134 valence electrons. The van der Waals surface area contributed by atoms with E-state index >= 15 is 0 Å². The van der Waals surface area contributed by atoms with Crippen LogP contribution in [0.15, 0.2) is 0 Å². The monoisotopic (exact) mass is 348 g/mol. The number of ether oxygens (including phenoxy) is 2. The molecule has 23 heavy (non-hydrogen) atoms. The first-order chi connectivity index (χ1) is 10.3. The van der Waals surface area contributed by atoms with Crippen LogP contribution >= 0.6 is 0 Å². The Labute approximate surface area is 137 Å². The third-order valence-corrected chi connectivity index (χ3v) is 4.23. The number of nitrogens with one attached hydrogen (secondary N) is 2. The van der Waals surface area contributed by atoms with Gasteiger partial charge in [-0.05, 0) is 26.8 Å². The highest BCUT2D eigenvalue weighted by Gasteiger charge is 2.23. The van der Waals surface area contributed by atoms with Gasteiger partial charge in [0.25, 0.3) is 0 Å². The maximum absolute atomic E-state index is 11.6. The van der Waals surface area contributed by atoms with Gasteiger partial charge in [-0.1, -0.05) is 19.6 Å². The van der Waals surface area contributed by atoms with Crippen molar-refractivity contribution in [2.24, 2.45) is 0 Å². The van der Waals surface area contributed by atoms with Crippen molar-refractivity contribution in [2.45, 2.75) is 58.1 Å². The van der Waals surface area contributed by atoms with Crippen LogP contribution in [0.25, 0.3) is 0 Å². The molecule has 9 heteroatoms. The number of hydrogen-bond donors (Lipinski definition) is 3. The molecule has 0 bridgehead atoms. The zero-order valence-electron chi connectivity index (χ0n) is 14.7. The lowest BCUT2D eigenvalue weighted by Crippen LogP contribution is -2.49. The third kappa shape index (κ3) is 12.5. The molecule has 3 N–H and O–H groups in total. The van der Waals surface area contributed by atoms with E-state index in [1.807, 2.05) is 0 Å². The summed E-state index contributed by atoms with van der Waals surface area (Å²) in [6.45, 7) is 11.4. The highest BCUT2D eigenvalue weighted by atomic mass is 28.3. The molecule has 2 amide bonds. The minimum atomic E-state index is -1.33. The average molecular weight is 348 g/mol. The lowest BCUT2D eigenvalue weighted by molar-refractivity contribution is -0.139. The molecule has 0 aromatic rings. The van der Waals surface area contributed by atoms with Crippen molar-refractivity contribution < 1.29 is 29.0 Å². The van der Waals surface area contributed by atoms with Crippen LogP contribution in [0.3, 0.4) is 0 Å². The van der Waals surface area contributed by atoms with Gasteiger partial charge >= 0.3 is 18.2 Å². The van der Waals surface area contributed by atoms with Crippen molar-refractivity contribution in [3.8, 4) is 0 Å². The van der Waals surface area contributed by atoms with Crippen molar-refractivity contribution in [3.63, 3.8) is 0 Å². The quantitative estimate of drug-likeness (QED) is 0.607. The van der Waals surface area contributed by atoms with E-state index in [2.05, 4.69) is 30.3 Å². The highest BCUT2D eigenvalue weighted by molar-refractivity contribution is 6.76. The summed E-state index contributed by atoms with van der Waals surface area (Å²) >= 11 is 0. The summed E-state index contributed by atoms with van der Waals surface area (Å²) in [5, 5.41) is 13.6. The molecule has 0 aliphatic heterocycles. The largest absolute Gasteiger partial charge is 0.480 e. The lowest BCUT2D eigenvalue weighted by atomic mass is 10.2. The zero-order valence-corrected chi connectivity index (χ0v) is 15.7. The summed E-state index contributed by atoms with van der Waals surface area (Å²) in [6.07, 6.45) is -1.57. The number of hydrogen-bond acceptors (Lipinski definition) is 5. The zero-order chi connectivity index (χ0) is 18.3. The Kier molecular flexibility index (Phi) is 8.08. The standard InChI is InChI=1S/C14H28N2O6Si/c1-14(2,3)22-12(19)15-9-10(11(17)18)16-13(20)21-7-8-23(4,5)6/h10H,7-9H2,1-6H3,(H,15,19)(H,16,20)(H,17,18)/t10-/m0/s1. The van der Waals surface area contributed by atoms with Crippen LogP contribution in [0.4, 0.5) is 9.59 Å². The first-order valence-corrected chi connectivity index (χ1v) is 11.1. The lowest BCUT2D eigenvalue weighted by Gasteiger charge is -2.21. The van der Waals surface area contributed by atoms with Crippen LogP contribution in [-0.4, -0.2) is 56.1 Å². The van der Waals surface area contributed by atoms with Gasteiger partial charge in [0.2, 0.25) is 0 Å². The Morgan fingerprint density at radius 1 is 1.13 bits per heavy atom. The number of alkyl carbamates (subject to hydrolysis) is 2. The molecule has 0 radical (unpaired) electrons. The molecular formula is C14H28N2O6Si. The summed E-state index contributed by atoms with van der Waals surface area (Å²) in [7, 11) is -1.33. The van der Waals surface area contributed by atoms with Crippen molar-refractivity contribution in [1.82, 2.24) is 10.6 Å². The second-order valence-electron chi connectivity index (χ2n) is 7.36. The van der Waals surface area contributed by atoms with Gasteiger partial charge in [-0.3, -0.25) is 0 Å². The first-order valence-electron chi connectivity index (χ1n) is 7.43. The molecule has 0 rings (SSSR count). The Morgan fingerprint density at radius 2 is 1.70 bits per heavy atom. The van der Waals surface area contributed by atoms with Gasteiger partial charge in [0.15, 0.2) is 0 Å². The number of carboxylic acids is 1. The van der Waals surface area contributed by atoms with Crippen LogP contribution in [-0.2, 0) is 14.3 Å². The molecule has 0 fully saturated rings. The molecule has 0 aromatic carbocycles. The topological polar surface area (TPSA) is 114 Å². The summed E-state index contributed by atoms with van der Waals surface area (Å²) in [4.78, 5) is 34.2. The fraction of sp³-hybridized carbons (Fsp3) is 0.786. The molecule has 0 aliphatic rings. The van der Waals surface area contributed by atoms with E-state index in [0.29, 0.717) is 0 Å². The van der Waals surface area contributed by atoms with Crippen molar-refractivity contribution in [3.05, 3.63) is 0 Å². The van der Waals surface area contributed by atoms with Crippen LogP contribution in [0, 0.1) is 0 Å². The molecule has 0 aliphatic carbocycles. The fourth-order valence-corrected chi connectivity index (χ4v) is 2.05. The minimum Gasteiger partial charge on any atom is -0.480 e. The molecule has 0 saturated heterocycles. The van der Waals surface area contributed by atoms with Gasteiger partial charge < -0.3 is 25.2 Å². The minimum absolute atomic E-state index is 0.243. The van der Waals surface area contributed by atoms with Gasteiger partial charge in [0, 0.05) is 8.07 Å². The van der Waals surface area contributed by atoms with Crippen molar-refractivity contribution in [1.29, 1.82) is 0 Å². The predicted octanol–water partition coefficient (Wildman–Crippen LogP) is 2.03. The van der Waals surface area contributed by atoms with Gasteiger partial charge in [-0.15, -0.1) is 0 Å². The van der Waals surface area contributed by atoms with E-state index in [1.54, 1.807) is 20.8 Å². The Morgan fingerprint density at radius 3 is 2.13 bits per heavy atom. The summed E-state index contributed by atoms with van der Waals surface area (Å²) in [5.74, 6) is -1.27. The Hall–Kier alpha value is -1.77. The number of carbonyl (C=O) groups excluding carboxylic acids is 2. The maximum Gasteiger partial charge on any atom is 0.407 e. The van der Waals surface area contributed by atoms with E-state index in [4.69, 9.17) is 14.6 Å². The van der Waals surface area contributed by atoms with Crippen LogP contribution in [0.2, 0.25) is 25.7 Å². The van der Waals surface area contributed by atoms with Gasteiger partial charge in [-0.25, -0.2) is 14.4 Å². The van der Waals surface area contributed by atoms with Crippen LogP contribution < -0.4 is 10.6 Å². The second-order valence-corrected chi connectivity index (χ2v) is 13.0. The van der Waals surface area contributed by atoms with Crippen LogP contribution in [0.5, 0.6) is 0 Å². The fourth-order valence-electron chi connectivity index (χ4n) is 1.33. The molecule has 0 saturated carbocycles. The number of amides is 2. The first kappa shape index (κ1) is 21.2. The molecule has 0 spiro atoms. The van der Waals surface area contributed by atoms with Gasteiger partial charge in [-0.2, -0.15) is 0 Å². The maximum atomic E-state index is 11.6. The molecular weight excluding hydrogens is 320 g/mol. The SMILES string of the molecule is CC(C)(C)OC(=O)NC[C@H](NC(=O)OCC[Si](C)(C)C)C(=O)O. The van der Waals surface area contributed by atoms with E-state index in [9.17, 15) is 14.4 Å². The summed E-state index contributed by atoms with van der Waals surface area (Å²) in [5.41, 5.74) is -0.688. The molecule has 1 atom stereocenters. The molecule has 0 aromatic heterocycles.